The molecule has 1 N–H and O–H groups in total. The van der Waals surface area contributed by atoms with E-state index in [0.717, 1.165) is 30.2 Å². The summed E-state index contributed by atoms with van der Waals surface area (Å²) in [7, 11) is 0. The lowest BCUT2D eigenvalue weighted by Crippen LogP contribution is -2.45. The summed E-state index contributed by atoms with van der Waals surface area (Å²) in [6.45, 7) is 7.15. The van der Waals surface area contributed by atoms with Crippen LogP contribution >= 0.6 is 11.6 Å². The van der Waals surface area contributed by atoms with Crippen LogP contribution in [0.3, 0.4) is 0 Å². The fourth-order valence-electron chi connectivity index (χ4n) is 3.77. The van der Waals surface area contributed by atoms with Gasteiger partial charge >= 0.3 is 0 Å². The van der Waals surface area contributed by atoms with Gasteiger partial charge in [0.1, 0.15) is 11.5 Å². The minimum absolute atomic E-state index is 0.0672. The summed E-state index contributed by atoms with van der Waals surface area (Å²) in [5.74, 6) is 1.97. The maximum absolute atomic E-state index is 13.1. The molecule has 2 aromatic heterocycles. The Bertz CT molecular complexity index is 1030. The normalized spacial score (nSPS) is 16.6. The van der Waals surface area contributed by atoms with Crippen molar-refractivity contribution in [1.29, 1.82) is 0 Å². The molecule has 0 saturated carbocycles. The van der Waals surface area contributed by atoms with Crippen molar-refractivity contribution in [1.82, 2.24) is 30.4 Å². The van der Waals surface area contributed by atoms with Crippen molar-refractivity contribution < 1.29 is 13.9 Å². The standard InChI is InChI=1S/C22H27ClN6O3/c1-3-18(29-26-21(25-27-29)16-5-7-17(23)8-6-16)22(30)24-14-19(20-9-4-15(2)32-20)28-10-12-31-13-11-28/h4-9,18-19H,3,10-14H2,1-2H3,(H,24,30). The number of amides is 1. The molecule has 2 atom stereocenters. The van der Waals surface area contributed by atoms with Crippen molar-refractivity contribution in [3.8, 4) is 11.4 Å². The Morgan fingerprint density at radius 1 is 1.19 bits per heavy atom. The van der Waals surface area contributed by atoms with E-state index in [1.54, 1.807) is 12.1 Å². The van der Waals surface area contributed by atoms with Gasteiger partial charge in [0, 0.05) is 30.2 Å². The van der Waals surface area contributed by atoms with Crippen LogP contribution < -0.4 is 5.32 Å². The third-order valence-corrected chi connectivity index (χ3v) is 5.80. The molecule has 0 bridgehead atoms. The van der Waals surface area contributed by atoms with Gasteiger partial charge in [0.05, 0.1) is 19.3 Å². The van der Waals surface area contributed by atoms with Gasteiger partial charge < -0.3 is 14.5 Å². The van der Waals surface area contributed by atoms with Crippen molar-refractivity contribution in [2.75, 3.05) is 32.8 Å². The summed E-state index contributed by atoms with van der Waals surface area (Å²) in [5.41, 5.74) is 0.788. The Labute approximate surface area is 191 Å². The number of nitrogens with one attached hydrogen (secondary N) is 1. The number of carbonyl (C=O) groups excluding carboxylic acids is 1. The Balaban J connectivity index is 1.45. The summed E-state index contributed by atoms with van der Waals surface area (Å²) in [6, 6.07) is 10.5. The van der Waals surface area contributed by atoms with E-state index in [1.807, 2.05) is 38.1 Å². The average Bonchev–Trinajstić information content (AvgIpc) is 3.45. The molecule has 32 heavy (non-hydrogen) atoms. The van der Waals surface area contributed by atoms with Crippen LogP contribution in [0, 0.1) is 6.92 Å². The number of nitrogens with zero attached hydrogens (tertiary/aromatic N) is 5. The largest absolute Gasteiger partial charge is 0.465 e. The highest BCUT2D eigenvalue weighted by Crippen LogP contribution is 2.24. The third kappa shape index (κ3) is 5.17. The second kappa shape index (κ2) is 10.2. The van der Waals surface area contributed by atoms with Gasteiger partial charge in [0.25, 0.3) is 0 Å². The first-order valence-corrected chi connectivity index (χ1v) is 11.1. The number of aryl methyl sites for hydroxylation is 1. The monoisotopic (exact) mass is 458 g/mol. The van der Waals surface area contributed by atoms with Crippen LogP contribution in [0.1, 0.15) is 36.9 Å². The number of halogens is 1. The predicted octanol–water partition coefficient (Wildman–Crippen LogP) is 3.04. The van der Waals surface area contributed by atoms with Crippen LogP contribution in [0.5, 0.6) is 0 Å². The lowest BCUT2D eigenvalue weighted by Gasteiger charge is -2.33. The van der Waals surface area contributed by atoms with Crippen LogP contribution in [-0.2, 0) is 9.53 Å². The molecule has 2 unspecified atom stereocenters. The smallest absolute Gasteiger partial charge is 0.246 e. The zero-order valence-corrected chi connectivity index (χ0v) is 19.0. The first-order chi connectivity index (χ1) is 15.5. The molecule has 1 amide bonds. The Morgan fingerprint density at radius 3 is 2.59 bits per heavy atom. The van der Waals surface area contributed by atoms with E-state index in [9.17, 15) is 4.79 Å². The molecule has 1 aromatic carbocycles. The van der Waals surface area contributed by atoms with Crippen LogP contribution in [0.4, 0.5) is 0 Å². The molecular formula is C22H27ClN6O3. The number of hydrogen-bond acceptors (Lipinski definition) is 7. The van der Waals surface area contributed by atoms with Gasteiger partial charge in [0.2, 0.25) is 11.7 Å². The molecule has 0 radical (unpaired) electrons. The van der Waals surface area contributed by atoms with Crippen molar-refractivity contribution in [3.05, 3.63) is 52.9 Å². The number of carbonyl (C=O) groups is 1. The number of morpholine rings is 1. The zero-order valence-electron chi connectivity index (χ0n) is 18.2. The van der Waals surface area contributed by atoms with E-state index in [1.165, 1.54) is 4.80 Å². The van der Waals surface area contributed by atoms with Crippen molar-refractivity contribution in [3.63, 3.8) is 0 Å². The maximum atomic E-state index is 13.1. The fraction of sp³-hybridized carbons (Fsp3) is 0.455. The van der Waals surface area contributed by atoms with Crippen LogP contribution in [0.25, 0.3) is 11.4 Å². The topological polar surface area (TPSA) is 98.3 Å². The quantitative estimate of drug-likeness (QED) is 0.554. The van der Waals surface area contributed by atoms with Crippen LogP contribution in [0.15, 0.2) is 40.8 Å². The average molecular weight is 459 g/mol. The van der Waals surface area contributed by atoms with Gasteiger partial charge in [-0.3, -0.25) is 9.69 Å². The third-order valence-electron chi connectivity index (χ3n) is 5.54. The predicted molar refractivity (Wildman–Crippen MR) is 119 cm³/mol. The number of ether oxygens (including phenoxy) is 1. The van der Waals surface area contributed by atoms with Crippen LogP contribution in [-0.4, -0.2) is 63.9 Å². The van der Waals surface area contributed by atoms with Gasteiger partial charge in [-0.1, -0.05) is 18.5 Å². The summed E-state index contributed by atoms with van der Waals surface area (Å²) < 4.78 is 11.4. The second-order valence-corrected chi connectivity index (χ2v) is 8.16. The summed E-state index contributed by atoms with van der Waals surface area (Å²) in [4.78, 5) is 16.7. The number of rotatable bonds is 8. The minimum Gasteiger partial charge on any atom is -0.465 e. The van der Waals surface area contributed by atoms with E-state index in [2.05, 4.69) is 25.6 Å². The number of aromatic nitrogens is 4. The Morgan fingerprint density at radius 2 is 1.94 bits per heavy atom. The summed E-state index contributed by atoms with van der Waals surface area (Å²) in [5, 5.41) is 16.4. The summed E-state index contributed by atoms with van der Waals surface area (Å²) in [6.07, 6.45) is 0.532. The number of tetrazole rings is 1. The van der Waals surface area contributed by atoms with E-state index in [0.29, 0.717) is 37.0 Å². The molecule has 170 valence electrons. The lowest BCUT2D eigenvalue weighted by molar-refractivity contribution is -0.125. The van der Waals surface area contributed by atoms with Gasteiger partial charge in [0.15, 0.2) is 6.04 Å². The summed E-state index contributed by atoms with van der Waals surface area (Å²) >= 11 is 5.95. The number of hydrogen-bond donors (Lipinski definition) is 1. The molecule has 0 aliphatic carbocycles. The molecule has 3 aromatic rings. The molecule has 9 nitrogen and oxygen atoms in total. The molecule has 10 heteroatoms. The molecule has 1 saturated heterocycles. The second-order valence-electron chi connectivity index (χ2n) is 7.72. The van der Waals surface area contributed by atoms with E-state index < -0.39 is 6.04 Å². The SMILES string of the molecule is CCC(C(=O)NCC(c1ccc(C)o1)N1CCOCC1)n1nnc(-c2ccc(Cl)cc2)n1. The first kappa shape index (κ1) is 22.4. The molecular weight excluding hydrogens is 432 g/mol. The van der Waals surface area contributed by atoms with Crippen molar-refractivity contribution in [2.24, 2.45) is 0 Å². The van der Waals surface area contributed by atoms with Gasteiger partial charge in [-0.05, 0) is 55.0 Å². The van der Waals surface area contributed by atoms with Gasteiger partial charge in [-0.15, -0.1) is 10.2 Å². The highest BCUT2D eigenvalue weighted by Gasteiger charge is 2.28. The highest BCUT2D eigenvalue weighted by atomic mass is 35.5. The molecule has 3 heterocycles. The Kier molecular flexibility index (Phi) is 7.19. The zero-order chi connectivity index (χ0) is 22.5. The van der Waals surface area contributed by atoms with Crippen molar-refractivity contribution >= 4 is 17.5 Å². The van der Waals surface area contributed by atoms with Gasteiger partial charge in [-0.2, -0.15) is 4.80 Å². The van der Waals surface area contributed by atoms with E-state index in [4.69, 9.17) is 20.8 Å². The molecule has 0 spiro atoms. The maximum Gasteiger partial charge on any atom is 0.246 e. The Hall–Kier alpha value is -2.75. The van der Waals surface area contributed by atoms with Crippen molar-refractivity contribution in [2.45, 2.75) is 32.4 Å². The number of furan rings is 1. The molecule has 1 aliphatic heterocycles. The molecule has 1 aliphatic rings. The number of benzene rings is 1. The molecule has 4 rings (SSSR count). The highest BCUT2D eigenvalue weighted by molar-refractivity contribution is 6.30. The van der Waals surface area contributed by atoms with E-state index in [-0.39, 0.29) is 11.9 Å². The van der Waals surface area contributed by atoms with Gasteiger partial charge in [-0.25, -0.2) is 0 Å². The minimum atomic E-state index is -0.563. The van der Waals surface area contributed by atoms with Crippen LogP contribution in [0.2, 0.25) is 5.02 Å². The van der Waals surface area contributed by atoms with E-state index >= 15 is 0 Å². The fourth-order valence-corrected chi connectivity index (χ4v) is 3.90. The first-order valence-electron chi connectivity index (χ1n) is 10.8. The lowest BCUT2D eigenvalue weighted by atomic mass is 10.1. The molecule has 1 fully saturated rings.